The molecule has 26 heavy (non-hydrogen) atoms. The molecular formula is C19H18N2O5. The van der Waals surface area contributed by atoms with Crippen molar-refractivity contribution in [2.24, 2.45) is 0 Å². The minimum absolute atomic E-state index is 0.0160. The second kappa shape index (κ2) is 7.26. The van der Waals surface area contributed by atoms with Crippen LogP contribution in [-0.4, -0.2) is 35.5 Å². The summed E-state index contributed by atoms with van der Waals surface area (Å²) in [5, 5.41) is 11.8. The number of nitrogens with zero attached hydrogens (tertiary/aromatic N) is 1. The first kappa shape index (κ1) is 17.5. The van der Waals surface area contributed by atoms with Crippen molar-refractivity contribution in [1.29, 1.82) is 0 Å². The van der Waals surface area contributed by atoms with Crippen LogP contribution in [0, 0.1) is 0 Å². The number of carboxylic acids is 1. The van der Waals surface area contributed by atoms with E-state index in [0.29, 0.717) is 11.4 Å². The SMILES string of the molecule is C[C@@H]1Oc2ccccc2N(CCC(=O)Nc2ccccc2C(=O)O)C1=O. The maximum atomic E-state index is 12.4. The largest absolute Gasteiger partial charge is 0.479 e. The topological polar surface area (TPSA) is 95.9 Å². The van der Waals surface area contributed by atoms with Gasteiger partial charge in [0, 0.05) is 13.0 Å². The van der Waals surface area contributed by atoms with E-state index in [4.69, 9.17) is 9.84 Å². The van der Waals surface area contributed by atoms with Crippen LogP contribution < -0.4 is 15.0 Å². The third-order valence-corrected chi connectivity index (χ3v) is 4.07. The number of amides is 2. The number of para-hydroxylation sites is 3. The molecule has 2 aromatic rings. The van der Waals surface area contributed by atoms with Gasteiger partial charge in [-0.05, 0) is 31.2 Å². The fourth-order valence-corrected chi connectivity index (χ4v) is 2.79. The molecule has 0 spiro atoms. The van der Waals surface area contributed by atoms with Crippen molar-refractivity contribution in [1.82, 2.24) is 0 Å². The van der Waals surface area contributed by atoms with Crippen LogP contribution in [0.5, 0.6) is 5.75 Å². The highest BCUT2D eigenvalue weighted by molar-refractivity contribution is 6.02. The number of aromatic carboxylic acids is 1. The minimum atomic E-state index is -1.12. The quantitative estimate of drug-likeness (QED) is 0.860. The van der Waals surface area contributed by atoms with E-state index in [1.807, 2.05) is 6.07 Å². The minimum Gasteiger partial charge on any atom is -0.479 e. The average Bonchev–Trinajstić information content (AvgIpc) is 2.62. The van der Waals surface area contributed by atoms with Crippen LogP contribution in [0.25, 0.3) is 0 Å². The van der Waals surface area contributed by atoms with Crippen molar-refractivity contribution in [3.63, 3.8) is 0 Å². The number of fused-ring (bicyclic) bond motifs is 1. The van der Waals surface area contributed by atoms with Gasteiger partial charge in [-0.2, -0.15) is 0 Å². The van der Waals surface area contributed by atoms with Gasteiger partial charge in [0.05, 0.1) is 16.9 Å². The summed E-state index contributed by atoms with van der Waals surface area (Å²) < 4.78 is 5.56. The first-order chi connectivity index (χ1) is 12.5. The standard InChI is InChI=1S/C19H18N2O5/c1-12-18(23)21(15-8-4-5-9-16(15)26-12)11-10-17(22)20-14-7-3-2-6-13(14)19(24)25/h2-9,12H,10-11H2,1H3,(H,20,22)(H,24,25)/t12-/m0/s1. The first-order valence-corrected chi connectivity index (χ1v) is 8.16. The Bertz CT molecular complexity index is 865. The number of carbonyl (C=O) groups excluding carboxylic acids is 2. The van der Waals surface area contributed by atoms with E-state index in [0.717, 1.165) is 0 Å². The Hall–Kier alpha value is -3.35. The van der Waals surface area contributed by atoms with Crippen molar-refractivity contribution in [2.75, 3.05) is 16.8 Å². The number of hydrogen-bond donors (Lipinski definition) is 2. The zero-order valence-electron chi connectivity index (χ0n) is 14.1. The lowest BCUT2D eigenvalue weighted by molar-refractivity contribution is -0.125. The lowest BCUT2D eigenvalue weighted by Crippen LogP contribution is -2.45. The monoisotopic (exact) mass is 354 g/mol. The molecule has 0 radical (unpaired) electrons. The Morgan fingerprint density at radius 3 is 2.62 bits per heavy atom. The van der Waals surface area contributed by atoms with E-state index in [-0.39, 0.29) is 36.0 Å². The van der Waals surface area contributed by atoms with Crippen LogP contribution in [0.2, 0.25) is 0 Å². The second-order valence-corrected chi connectivity index (χ2v) is 5.87. The lowest BCUT2D eigenvalue weighted by atomic mass is 10.1. The van der Waals surface area contributed by atoms with Gasteiger partial charge in [-0.15, -0.1) is 0 Å². The number of carboxylic acid groups (broad SMARTS) is 1. The van der Waals surface area contributed by atoms with E-state index in [9.17, 15) is 14.4 Å². The van der Waals surface area contributed by atoms with Crippen LogP contribution in [0.15, 0.2) is 48.5 Å². The molecule has 1 atom stereocenters. The zero-order valence-corrected chi connectivity index (χ0v) is 14.1. The molecule has 1 aliphatic heterocycles. The van der Waals surface area contributed by atoms with E-state index in [1.54, 1.807) is 37.3 Å². The maximum absolute atomic E-state index is 12.4. The molecule has 0 fully saturated rings. The van der Waals surface area contributed by atoms with Crippen LogP contribution in [-0.2, 0) is 9.59 Å². The van der Waals surface area contributed by atoms with Gasteiger partial charge in [0.15, 0.2) is 6.10 Å². The van der Waals surface area contributed by atoms with E-state index in [2.05, 4.69) is 5.32 Å². The Labute approximate surface area is 150 Å². The molecule has 134 valence electrons. The summed E-state index contributed by atoms with van der Waals surface area (Å²) in [6.07, 6.45) is -0.596. The fourth-order valence-electron chi connectivity index (χ4n) is 2.79. The number of nitrogens with one attached hydrogen (secondary N) is 1. The van der Waals surface area contributed by atoms with Gasteiger partial charge in [-0.3, -0.25) is 9.59 Å². The van der Waals surface area contributed by atoms with Crippen molar-refractivity contribution in [2.45, 2.75) is 19.4 Å². The summed E-state index contributed by atoms with van der Waals surface area (Å²) >= 11 is 0. The Morgan fingerprint density at radius 2 is 1.85 bits per heavy atom. The first-order valence-electron chi connectivity index (χ1n) is 8.16. The maximum Gasteiger partial charge on any atom is 0.337 e. The summed E-state index contributed by atoms with van der Waals surface area (Å²) in [6.45, 7) is 1.83. The molecule has 0 unspecified atom stereocenters. The molecular weight excluding hydrogens is 336 g/mol. The van der Waals surface area contributed by atoms with Crippen molar-refractivity contribution < 1.29 is 24.2 Å². The molecule has 2 N–H and O–H groups in total. The highest BCUT2D eigenvalue weighted by atomic mass is 16.5. The number of rotatable bonds is 5. The van der Waals surface area contributed by atoms with E-state index in [1.165, 1.54) is 17.0 Å². The molecule has 1 heterocycles. The number of anilines is 2. The summed E-state index contributed by atoms with van der Waals surface area (Å²) in [5.74, 6) is -1.12. The number of hydrogen-bond acceptors (Lipinski definition) is 4. The predicted octanol–water partition coefficient (Wildman–Crippen LogP) is 2.53. The molecule has 2 aromatic carbocycles. The van der Waals surface area contributed by atoms with Crippen LogP contribution in [0.3, 0.4) is 0 Å². The number of benzene rings is 2. The van der Waals surface area contributed by atoms with Gasteiger partial charge < -0.3 is 20.1 Å². The van der Waals surface area contributed by atoms with Crippen molar-refractivity contribution >= 4 is 29.2 Å². The molecule has 2 amide bonds. The molecule has 0 saturated heterocycles. The van der Waals surface area contributed by atoms with Gasteiger partial charge in [0.2, 0.25) is 5.91 Å². The molecule has 0 aromatic heterocycles. The van der Waals surface area contributed by atoms with Gasteiger partial charge in [-0.25, -0.2) is 4.79 Å². The Morgan fingerprint density at radius 1 is 1.15 bits per heavy atom. The Kier molecular flexibility index (Phi) is 4.88. The lowest BCUT2D eigenvalue weighted by Gasteiger charge is -2.32. The molecule has 3 rings (SSSR count). The average molecular weight is 354 g/mol. The van der Waals surface area contributed by atoms with Crippen LogP contribution in [0.1, 0.15) is 23.7 Å². The van der Waals surface area contributed by atoms with E-state index < -0.39 is 12.1 Å². The molecule has 7 nitrogen and oxygen atoms in total. The molecule has 7 heteroatoms. The van der Waals surface area contributed by atoms with Gasteiger partial charge in [0.1, 0.15) is 5.75 Å². The van der Waals surface area contributed by atoms with Gasteiger partial charge >= 0.3 is 5.97 Å². The molecule has 0 bridgehead atoms. The van der Waals surface area contributed by atoms with Gasteiger partial charge in [0.25, 0.3) is 5.91 Å². The van der Waals surface area contributed by atoms with Crippen molar-refractivity contribution in [3.8, 4) is 5.75 Å². The molecule has 0 saturated carbocycles. The third kappa shape index (κ3) is 3.51. The smallest absolute Gasteiger partial charge is 0.337 e. The highest BCUT2D eigenvalue weighted by Gasteiger charge is 2.31. The Balaban J connectivity index is 1.70. The highest BCUT2D eigenvalue weighted by Crippen LogP contribution is 2.33. The second-order valence-electron chi connectivity index (χ2n) is 5.87. The normalized spacial score (nSPS) is 15.8. The summed E-state index contributed by atoms with van der Waals surface area (Å²) in [7, 11) is 0. The predicted molar refractivity (Wildman–Crippen MR) is 95.5 cm³/mol. The zero-order chi connectivity index (χ0) is 18.7. The third-order valence-electron chi connectivity index (χ3n) is 4.07. The number of ether oxygens (including phenoxy) is 1. The summed E-state index contributed by atoms with van der Waals surface area (Å²) in [6, 6.07) is 13.3. The van der Waals surface area contributed by atoms with Crippen LogP contribution >= 0.6 is 0 Å². The van der Waals surface area contributed by atoms with Gasteiger partial charge in [-0.1, -0.05) is 24.3 Å². The summed E-state index contributed by atoms with van der Waals surface area (Å²) in [5.41, 5.74) is 0.865. The molecule has 0 aliphatic carbocycles. The van der Waals surface area contributed by atoms with Crippen molar-refractivity contribution in [3.05, 3.63) is 54.1 Å². The molecule has 1 aliphatic rings. The van der Waals surface area contributed by atoms with E-state index >= 15 is 0 Å². The fraction of sp³-hybridized carbons (Fsp3) is 0.211. The number of carbonyl (C=O) groups is 3. The summed E-state index contributed by atoms with van der Waals surface area (Å²) in [4.78, 5) is 37.4. The van der Waals surface area contributed by atoms with Crippen LogP contribution in [0.4, 0.5) is 11.4 Å².